The number of hydrogen-bond donors (Lipinski definition) is 6. The molecule has 1 saturated heterocycles. The number of nitrogens with one attached hydrogen (secondary N) is 4. The first-order valence-electron chi connectivity index (χ1n) is 20.1. The van der Waals surface area contributed by atoms with Gasteiger partial charge in [0.2, 0.25) is 29.5 Å². The summed E-state index contributed by atoms with van der Waals surface area (Å²) in [4.78, 5) is 71.2. The molecule has 14 heteroatoms. The van der Waals surface area contributed by atoms with Gasteiger partial charge < -0.3 is 47.1 Å². The Morgan fingerprint density at radius 2 is 1.44 bits per heavy atom. The first-order valence-corrected chi connectivity index (χ1v) is 20.1. The van der Waals surface area contributed by atoms with E-state index in [0.29, 0.717) is 32.1 Å². The Hall–Kier alpha value is -2.81. The van der Waals surface area contributed by atoms with E-state index in [4.69, 9.17) is 20.9 Å². The predicted molar refractivity (Wildman–Crippen MR) is 200 cm³/mol. The molecule has 3 aliphatic rings. The van der Waals surface area contributed by atoms with Gasteiger partial charge in [-0.05, 0) is 51.4 Å². The van der Waals surface area contributed by atoms with Crippen LogP contribution in [0.25, 0.3) is 0 Å². The summed E-state index contributed by atoms with van der Waals surface area (Å²) in [6, 6.07) is -4.41. The van der Waals surface area contributed by atoms with Gasteiger partial charge >= 0.3 is 0 Å². The van der Waals surface area contributed by atoms with E-state index in [2.05, 4.69) is 28.2 Å². The molecule has 8 N–H and O–H groups in total. The molecule has 2 saturated carbocycles. The van der Waals surface area contributed by atoms with Crippen LogP contribution in [0.5, 0.6) is 0 Å². The monoisotopic (exact) mass is 736 g/mol. The topological polar surface area (TPSA) is 207 Å². The lowest BCUT2D eigenvalue weighted by atomic mass is 9.90. The number of nitrogens with zero attached hydrogens (tertiary/aromatic N) is 1. The van der Waals surface area contributed by atoms with E-state index >= 15 is 0 Å². The van der Waals surface area contributed by atoms with Crippen LogP contribution >= 0.6 is 0 Å². The van der Waals surface area contributed by atoms with Crippen molar-refractivity contribution >= 4 is 29.5 Å². The molecule has 1 aliphatic heterocycles. The molecular formula is C38H69N7O7. The number of ether oxygens (including phenoxy) is 2. The highest BCUT2D eigenvalue weighted by molar-refractivity contribution is 5.96. The summed E-state index contributed by atoms with van der Waals surface area (Å²) in [6.07, 6.45) is 11.9. The third-order valence-electron chi connectivity index (χ3n) is 11.0. The van der Waals surface area contributed by atoms with Crippen molar-refractivity contribution in [2.24, 2.45) is 23.3 Å². The molecule has 2 aliphatic carbocycles. The van der Waals surface area contributed by atoms with Gasteiger partial charge in [-0.25, -0.2) is 0 Å². The van der Waals surface area contributed by atoms with Gasteiger partial charge in [0.1, 0.15) is 24.2 Å². The van der Waals surface area contributed by atoms with E-state index in [1.54, 1.807) is 14.0 Å². The largest absolute Gasteiger partial charge is 0.375 e. The molecule has 0 unspecified atom stereocenters. The molecule has 3 rings (SSSR count). The van der Waals surface area contributed by atoms with Crippen LogP contribution in [0.15, 0.2) is 0 Å². The maximum absolute atomic E-state index is 14.1. The Labute approximate surface area is 311 Å². The van der Waals surface area contributed by atoms with Crippen LogP contribution in [-0.4, -0.2) is 110 Å². The Kier molecular flexibility index (Phi) is 18.8. The highest BCUT2D eigenvalue weighted by Gasteiger charge is 2.38. The average Bonchev–Trinajstić information content (AvgIpc) is 3.40. The number of hydrogen-bond acceptors (Lipinski definition) is 9. The Morgan fingerprint density at radius 1 is 0.788 bits per heavy atom. The molecule has 0 bridgehead atoms. The first kappa shape index (κ1) is 43.6. The highest BCUT2D eigenvalue weighted by atomic mass is 16.5. The second-order valence-corrected chi connectivity index (χ2v) is 15.5. The van der Waals surface area contributed by atoms with E-state index < -0.39 is 65.9 Å². The molecule has 14 nitrogen and oxygen atoms in total. The zero-order valence-electron chi connectivity index (χ0n) is 32.5. The van der Waals surface area contributed by atoms with Crippen molar-refractivity contribution in [3.63, 3.8) is 0 Å². The van der Waals surface area contributed by atoms with Crippen molar-refractivity contribution in [2.45, 2.75) is 172 Å². The van der Waals surface area contributed by atoms with Crippen LogP contribution in [0.4, 0.5) is 0 Å². The standard InChI is InChI=1S/C38H69N7O7/c1-6-8-9-14-18-32-25(4)38(50)45(5)31(15-7-2)36(48)44-33(26-16-12-10-11-13-17-26)37(49)42-29(21-39)34(46)43-30(23-51-28-19-27(40)20-28)35(47)41-24(3)22-52-32/h24-33H,6-23,39-40H2,1-5H3,(H,41,47)(H,42,49)(H,43,46)(H,44,48)/t24-,25-,27-,28-,29+,30+,31+,32-,33+/m1/s1. The lowest BCUT2D eigenvalue weighted by molar-refractivity contribution is -0.147. The second-order valence-electron chi connectivity index (χ2n) is 15.5. The van der Waals surface area contributed by atoms with Crippen molar-refractivity contribution in [3.05, 3.63) is 0 Å². The lowest BCUT2D eigenvalue weighted by Gasteiger charge is -2.34. The van der Waals surface area contributed by atoms with Crippen LogP contribution in [-0.2, 0) is 33.4 Å². The number of carbonyl (C=O) groups excluding carboxylic acids is 5. The number of carbonyl (C=O) groups is 5. The Bertz CT molecular complexity index is 1140. The minimum Gasteiger partial charge on any atom is -0.375 e. The zero-order valence-corrected chi connectivity index (χ0v) is 32.5. The number of nitrogens with two attached hydrogens (primary N) is 2. The third-order valence-corrected chi connectivity index (χ3v) is 11.0. The molecule has 5 amide bonds. The summed E-state index contributed by atoms with van der Waals surface area (Å²) in [7, 11) is 1.65. The maximum atomic E-state index is 14.1. The van der Waals surface area contributed by atoms with Crippen LogP contribution < -0.4 is 32.7 Å². The number of rotatable bonds is 12. The maximum Gasteiger partial charge on any atom is 0.245 e. The zero-order chi connectivity index (χ0) is 38.2. The van der Waals surface area contributed by atoms with Crippen molar-refractivity contribution in [2.75, 3.05) is 26.8 Å². The summed E-state index contributed by atoms with van der Waals surface area (Å²) in [5.74, 6) is -2.97. The van der Waals surface area contributed by atoms with E-state index in [1.807, 2.05) is 13.8 Å². The van der Waals surface area contributed by atoms with E-state index in [9.17, 15) is 24.0 Å². The Morgan fingerprint density at radius 3 is 2.06 bits per heavy atom. The molecule has 0 aromatic heterocycles. The minimum absolute atomic E-state index is 0.0417. The summed E-state index contributed by atoms with van der Waals surface area (Å²) in [5, 5.41) is 11.5. The van der Waals surface area contributed by atoms with Crippen molar-refractivity contribution in [1.82, 2.24) is 26.2 Å². The van der Waals surface area contributed by atoms with Gasteiger partial charge in [0, 0.05) is 25.7 Å². The summed E-state index contributed by atoms with van der Waals surface area (Å²) in [6.45, 7) is 7.54. The number of unbranched alkanes of at least 4 members (excludes halogenated alkanes) is 3. The first-order chi connectivity index (χ1) is 24.9. The second kappa shape index (κ2) is 22.4. The molecule has 0 aromatic rings. The molecule has 0 spiro atoms. The molecule has 7 atom stereocenters. The molecule has 0 radical (unpaired) electrons. The average molecular weight is 736 g/mol. The summed E-state index contributed by atoms with van der Waals surface area (Å²) < 4.78 is 12.3. The molecule has 3 fully saturated rings. The fraction of sp³-hybridized carbons (Fsp3) is 0.868. The summed E-state index contributed by atoms with van der Waals surface area (Å²) >= 11 is 0. The normalized spacial score (nSPS) is 32.6. The lowest BCUT2D eigenvalue weighted by Crippen LogP contribution is -2.62. The quantitative estimate of drug-likeness (QED) is 0.128. The van der Waals surface area contributed by atoms with Gasteiger partial charge in [-0.1, -0.05) is 78.6 Å². The fourth-order valence-electron chi connectivity index (χ4n) is 7.53. The smallest absolute Gasteiger partial charge is 0.245 e. The Balaban J connectivity index is 1.97. The van der Waals surface area contributed by atoms with Gasteiger partial charge in [0.25, 0.3) is 0 Å². The SMILES string of the molecule is CCCCCC[C@H]1OC[C@@H](C)NC(=O)[C@H](CO[C@H]2C[C@H](N)C2)NC(=O)[C@H](CN)NC(=O)[C@H](C2CCCCCC2)NC(=O)[C@H](CCC)N(C)C(=O)[C@@H]1C. The van der Waals surface area contributed by atoms with Gasteiger partial charge in [-0.2, -0.15) is 0 Å². The van der Waals surface area contributed by atoms with Crippen LogP contribution in [0.2, 0.25) is 0 Å². The summed E-state index contributed by atoms with van der Waals surface area (Å²) in [5.41, 5.74) is 12.0. The van der Waals surface area contributed by atoms with E-state index in [-0.39, 0.29) is 43.7 Å². The molecule has 1 heterocycles. The highest BCUT2D eigenvalue weighted by Crippen LogP contribution is 2.27. The van der Waals surface area contributed by atoms with Crippen molar-refractivity contribution in [3.8, 4) is 0 Å². The molecule has 52 heavy (non-hydrogen) atoms. The number of amides is 5. The third kappa shape index (κ3) is 13.2. The minimum atomic E-state index is -1.17. The van der Waals surface area contributed by atoms with Crippen LogP contribution in [0.1, 0.15) is 124 Å². The molecular weight excluding hydrogens is 666 g/mol. The van der Waals surface area contributed by atoms with Gasteiger partial charge in [0.15, 0.2) is 0 Å². The van der Waals surface area contributed by atoms with Crippen LogP contribution in [0, 0.1) is 11.8 Å². The van der Waals surface area contributed by atoms with E-state index in [0.717, 1.165) is 64.2 Å². The van der Waals surface area contributed by atoms with Gasteiger partial charge in [-0.3, -0.25) is 24.0 Å². The van der Waals surface area contributed by atoms with Crippen molar-refractivity contribution < 1.29 is 33.4 Å². The van der Waals surface area contributed by atoms with Crippen LogP contribution in [0.3, 0.4) is 0 Å². The molecule has 298 valence electrons. The van der Waals surface area contributed by atoms with Gasteiger partial charge in [-0.15, -0.1) is 0 Å². The number of likely N-dealkylation sites (N-methyl/N-ethyl adjacent to an activating group) is 1. The fourth-order valence-corrected chi connectivity index (χ4v) is 7.53. The predicted octanol–water partition coefficient (Wildman–Crippen LogP) is 2.01. The molecule has 0 aromatic carbocycles. The van der Waals surface area contributed by atoms with Crippen molar-refractivity contribution in [1.29, 1.82) is 0 Å². The van der Waals surface area contributed by atoms with E-state index in [1.165, 1.54) is 4.90 Å². The van der Waals surface area contributed by atoms with Gasteiger partial charge in [0.05, 0.1) is 31.3 Å².